The van der Waals surface area contributed by atoms with Crippen LogP contribution in [-0.4, -0.2) is 25.3 Å². The summed E-state index contributed by atoms with van der Waals surface area (Å²) in [4.78, 5) is 16.7. The van der Waals surface area contributed by atoms with Gasteiger partial charge in [-0.1, -0.05) is 6.07 Å². The van der Waals surface area contributed by atoms with Gasteiger partial charge in [0.15, 0.2) is 5.17 Å². The highest BCUT2D eigenvalue weighted by Gasteiger charge is 2.30. The number of aliphatic imine (C=N–C) groups is 1. The molecule has 0 unspecified atom stereocenters. The minimum Gasteiger partial charge on any atom is -0.497 e. The Morgan fingerprint density at radius 2 is 1.89 bits per heavy atom. The summed E-state index contributed by atoms with van der Waals surface area (Å²) in [5, 5.41) is 2.74. The zero-order chi connectivity index (χ0) is 20.3. The highest BCUT2D eigenvalue weighted by molar-refractivity contribution is 8.18. The normalized spacial score (nSPS) is 17.1. The van der Waals surface area contributed by atoms with Crippen LogP contribution in [0.1, 0.15) is 11.1 Å². The number of nitrogens with one attached hydrogen (secondary N) is 1. The lowest BCUT2D eigenvalue weighted by Gasteiger charge is -2.07. The highest BCUT2D eigenvalue weighted by Crippen LogP contribution is 2.34. The van der Waals surface area contributed by atoms with Crippen LogP contribution in [0.15, 0.2) is 52.4 Å². The number of hydrogen-bond acceptors (Lipinski definition) is 5. The summed E-state index contributed by atoms with van der Waals surface area (Å²) in [5.41, 5.74) is -0.0850. The highest BCUT2D eigenvalue weighted by atomic mass is 32.2. The van der Waals surface area contributed by atoms with Crippen molar-refractivity contribution < 1.29 is 27.4 Å². The van der Waals surface area contributed by atoms with E-state index in [1.165, 1.54) is 26.4 Å². The fourth-order valence-corrected chi connectivity index (χ4v) is 3.28. The topological polar surface area (TPSA) is 59.9 Å². The van der Waals surface area contributed by atoms with Crippen LogP contribution in [0.5, 0.6) is 11.5 Å². The number of methoxy groups -OCH3 is 2. The Hall–Kier alpha value is -2.94. The molecule has 146 valence electrons. The number of ether oxygens (including phenoxy) is 2. The molecule has 2 aromatic rings. The Bertz CT molecular complexity index is 971. The summed E-state index contributed by atoms with van der Waals surface area (Å²) in [6, 6.07) is 9.73. The van der Waals surface area contributed by atoms with Gasteiger partial charge in [0.1, 0.15) is 11.5 Å². The lowest BCUT2D eigenvalue weighted by Crippen LogP contribution is -2.19. The van der Waals surface area contributed by atoms with Crippen molar-refractivity contribution in [1.29, 1.82) is 0 Å². The summed E-state index contributed by atoms with van der Waals surface area (Å²) >= 11 is 1.03. The SMILES string of the molecule is COc1ccc(OC)c(/C=C2/SC(=Nc3cccc(C(F)(F)F)c3)NC2=O)c1. The molecule has 1 fully saturated rings. The van der Waals surface area contributed by atoms with Crippen molar-refractivity contribution in [3.05, 3.63) is 58.5 Å². The maximum Gasteiger partial charge on any atom is 0.416 e. The van der Waals surface area contributed by atoms with E-state index >= 15 is 0 Å². The van der Waals surface area contributed by atoms with Gasteiger partial charge in [-0.2, -0.15) is 13.2 Å². The average molecular weight is 408 g/mol. The third-order valence-electron chi connectivity index (χ3n) is 3.78. The molecule has 0 aliphatic carbocycles. The van der Waals surface area contributed by atoms with Crippen molar-refractivity contribution in [2.24, 2.45) is 4.99 Å². The van der Waals surface area contributed by atoms with Gasteiger partial charge >= 0.3 is 6.18 Å². The summed E-state index contributed by atoms with van der Waals surface area (Å²) < 4.78 is 48.9. The second-order valence-electron chi connectivity index (χ2n) is 5.64. The number of carbonyl (C=O) groups is 1. The van der Waals surface area contributed by atoms with Crippen molar-refractivity contribution in [3.63, 3.8) is 0 Å². The number of rotatable bonds is 4. The van der Waals surface area contributed by atoms with Crippen LogP contribution < -0.4 is 14.8 Å². The molecule has 1 saturated heterocycles. The number of thioether (sulfide) groups is 1. The van der Waals surface area contributed by atoms with Gasteiger partial charge in [0.2, 0.25) is 0 Å². The quantitative estimate of drug-likeness (QED) is 0.751. The van der Waals surface area contributed by atoms with Crippen molar-refractivity contribution in [2.75, 3.05) is 14.2 Å². The van der Waals surface area contributed by atoms with Crippen LogP contribution in [0.4, 0.5) is 18.9 Å². The molecule has 9 heteroatoms. The summed E-state index contributed by atoms with van der Waals surface area (Å²) in [7, 11) is 3.03. The van der Waals surface area contributed by atoms with E-state index in [1.807, 2.05) is 0 Å². The molecule has 3 rings (SSSR count). The van der Waals surface area contributed by atoms with E-state index in [9.17, 15) is 18.0 Å². The van der Waals surface area contributed by atoms with Crippen LogP contribution in [-0.2, 0) is 11.0 Å². The monoisotopic (exact) mass is 408 g/mol. The number of alkyl halides is 3. The molecule has 1 aliphatic rings. The second kappa shape index (κ2) is 7.97. The predicted molar refractivity (Wildman–Crippen MR) is 102 cm³/mol. The van der Waals surface area contributed by atoms with Gasteiger partial charge in [-0.25, -0.2) is 4.99 Å². The summed E-state index contributed by atoms with van der Waals surface area (Å²) in [5.74, 6) is 0.736. The molecule has 2 aromatic carbocycles. The van der Waals surface area contributed by atoms with Crippen molar-refractivity contribution in [3.8, 4) is 11.5 Å². The fraction of sp³-hybridized carbons (Fsp3) is 0.158. The van der Waals surface area contributed by atoms with Crippen LogP contribution >= 0.6 is 11.8 Å². The van der Waals surface area contributed by atoms with Crippen LogP contribution in [0.3, 0.4) is 0 Å². The van der Waals surface area contributed by atoms with E-state index in [0.29, 0.717) is 22.0 Å². The number of amidine groups is 1. The van der Waals surface area contributed by atoms with Gasteiger partial charge in [0.05, 0.1) is 30.4 Å². The Morgan fingerprint density at radius 1 is 1.11 bits per heavy atom. The van der Waals surface area contributed by atoms with Crippen molar-refractivity contribution >= 4 is 34.6 Å². The van der Waals surface area contributed by atoms with Crippen LogP contribution in [0.2, 0.25) is 0 Å². The van der Waals surface area contributed by atoms with Gasteiger partial charge < -0.3 is 14.8 Å². The fourth-order valence-electron chi connectivity index (χ4n) is 2.44. The third-order valence-corrected chi connectivity index (χ3v) is 4.69. The number of amides is 1. The van der Waals surface area contributed by atoms with E-state index in [4.69, 9.17) is 9.47 Å². The first-order valence-electron chi connectivity index (χ1n) is 7.99. The Kier molecular flexibility index (Phi) is 5.64. The van der Waals surface area contributed by atoms with Crippen LogP contribution in [0, 0.1) is 0 Å². The largest absolute Gasteiger partial charge is 0.497 e. The van der Waals surface area contributed by atoms with E-state index in [1.54, 1.807) is 24.3 Å². The van der Waals surface area contributed by atoms with Gasteiger partial charge in [0, 0.05) is 5.56 Å². The molecule has 0 atom stereocenters. The van der Waals surface area contributed by atoms with Crippen LogP contribution in [0.25, 0.3) is 6.08 Å². The number of carbonyl (C=O) groups excluding carboxylic acids is 1. The zero-order valence-corrected chi connectivity index (χ0v) is 15.6. The molecule has 5 nitrogen and oxygen atoms in total. The maximum absolute atomic E-state index is 12.8. The molecule has 0 saturated carbocycles. The summed E-state index contributed by atoms with van der Waals surface area (Å²) in [6.45, 7) is 0. The molecule has 0 spiro atoms. The lowest BCUT2D eigenvalue weighted by atomic mass is 10.1. The van der Waals surface area contributed by atoms with Gasteiger partial charge in [-0.05, 0) is 54.2 Å². The first-order chi connectivity index (χ1) is 13.3. The molecule has 1 heterocycles. The second-order valence-corrected chi connectivity index (χ2v) is 6.67. The minimum absolute atomic E-state index is 0.0952. The number of nitrogens with zero attached hydrogens (tertiary/aromatic N) is 1. The molecule has 0 aromatic heterocycles. The molecule has 1 amide bonds. The standard InChI is InChI=1S/C19H15F3N2O3S/c1-26-14-6-7-15(27-2)11(8-14)9-16-17(25)24-18(28-16)23-13-5-3-4-12(10-13)19(20,21)22/h3-10H,1-2H3,(H,23,24,25)/b16-9+. The zero-order valence-electron chi connectivity index (χ0n) is 14.8. The molecule has 1 aliphatic heterocycles. The van der Waals surface area contributed by atoms with Gasteiger partial charge in [0.25, 0.3) is 5.91 Å². The minimum atomic E-state index is -4.46. The Labute approximate surface area is 163 Å². The van der Waals surface area contributed by atoms with E-state index in [2.05, 4.69) is 10.3 Å². The van der Waals surface area contributed by atoms with E-state index in [0.717, 1.165) is 23.9 Å². The molecular weight excluding hydrogens is 393 g/mol. The van der Waals surface area contributed by atoms with Crippen molar-refractivity contribution in [2.45, 2.75) is 6.18 Å². The third kappa shape index (κ3) is 4.48. The molecule has 1 N–H and O–H groups in total. The number of halogens is 3. The van der Waals surface area contributed by atoms with Gasteiger partial charge in [-0.15, -0.1) is 0 Å². The average Bonchev–Trinajstić information content (AvgIpc) is 3.00. The Balaban J connectivity index is 1.88. The molecule has 0 radical (unpaired) electrons. The molecular formula is C19H15F3N2O3S. The number of hydrogen-bond donors (Lipinski definition) is 1. The molecule has 28 heavy (non-hydrogen) atoms. The Morgan fingerprint density at radius 3 is 2.57 bits per heavy atom. The molecule has 0 bridgehead atoms. The smallest absolute Gasteiger partial charge is 0.416 e. The summed E-state index contributed by atoms with van der Waals surface area (Å²) in [6.07, 6.45) is -2.85. The van der Waals surface area contributed by atoms with Gasteiger partial charge in [-0.3, -0.25) is 4.79 Å². The van der Waals surface area contributed by atoms with Crippen molar-refractivity contribution in [1.82, 2.24) is 5.32 Å². The van der Waals surface area contributed by atoms with E-state index in [-0.39, 0.29) is 10.9 Å². The van der Waals surface area contributed by atoms with E-state index < -0.39 is 17.6 Å². The number of benzene rings is 2. The lowest BCUT2D eigenvalue weighted by molar-refractivity contribution is -0.137. The first-order valence-corrected chi connectivity index (χ1v) is 8.80. The predicted octanol–water partition coefficient (Wildman–Crippen LogP) is 4.61. The first kappa shape index (κ1) is 19.8. The maximum atomic E-state index is 12.8.